The van der Waals surface area contributed by atoms with Gasteiger partial charge in [-0.15, -0.1) is 0 Å². The maximum Gasteiger partial charge on any atom is 0.0220 e. The number of hydrogen-bond donors (Lipinski definition) is 1. The Morgan fingerprint density at radius 2 is 1.93 bits per heavy atom. The van der Waals surface area contributed by atoms with Crippen LogP contribution in [-0.4, -0.2) is 63.2 Å². The van der Waals surface area contributed by atoms with Crippen molar-refractivity contribution < 1.29 is 0 Å². The molecular formula is C11H25N3. The van der Waals surface area contributed by atoms with Gasteiger partial charge in [0.25, 0.3) is 0 Å². The average molecular weight is 199 g/mol. The van der Waals surface area contributed by atoms with Gasteiger partial charge >= 0.3 is 0 Å². The normalized spacial score (nSPS) is 27.9. The Kier molecular flexibility index (Phi) is 4.85. The maximum absolute atomic E-state index is 3.57. The molecule has 1 fully saturated rings. The molecule has 1 rings (SSSR count). The fourth-order valence-corrected chi connectivity index (χ4v) is 1.94. The summed E-state index contributed by atoms with van der Waals surface area (Å²) in [4.78, 5) is 4.67. The highest BCUT2D eigenvalue weighted by molar-refractivity contribution is 4.82. The summed E-state index contributed by atoms with van der Waals surface area (Å²) in [5, 5.41) is 3.57. The van der Waals surface area contributed by atoms with Gasteiger partial charge in [0.05, 0.1) is 0 Å². The lowest BCUT2D eigenvalue weighted by Crippen LogP contribution is -2.40. The Labute approximate surface area is 88.5 Å². The van der Waals surface area contributed by atoms with E-state index < -0.39 is 0 Å². The van der Waals surface area contributed by atoms with Crippen molar-refractivity contribution in [3.63, 3.8) is 0 Å². The smallest absolute Gasteiger partial charge is 0.0220 e. The Morgan fingerprint density at radius 3 is 2.43 bits per heavy atom. The van der Waals surface area contributed by atoms with Crippen molar-refractivity contribution >= 4 is 0 Å². The molecule has 0 radical (unpaired) electrons. The summed E-state index contributed by atoms with van der Waals surface area (Å²) in [7, 11) is 6.48. The molecule has 2 unspecified atom stereocenters. The number of hydrogen-bond acceptors (Lipinski definition) is 3. The van der Waals surface area contributed by atoms with Gasteiger partial charge in [0.2, 0.25) is 0 Å². The van der Waals surface area contributed by atoms with Gasteiger partial charge in [-0.1, -0.05) is 6.92 Å². The summed E-state index contributed by atoms with van der Waals surface area (Å²) < 4.78 is 0. The summed E-state index contributed by atoms with van der Waals surface area (Å²) in [6, 6.07) is 0.710. The third-order valence-corrected chi connectivity index (χ3v) is 3.13. The molecule has 2 atom stereocenters. The van der Waals surface area contributed by atoms with Crippen LogP contribution >= 0.6 is 0 Å². The molecule has 84 valence electrons. The molecule has 0 aromatic heterocycles. The van der Waals surface area contributed by atoms with E-state index in [-0.39, 0.29) is 0 Å². The van der Waals surface area contributed by atoms with Gasteiger partial charge in [-0.2, -0.15) is 0 Å². The standard InChI is InChI=1S/C11H25N3/c1-10-5-6-12-11(10)9-14(4)8-7-13(2)3/h10-12H,5-9H2,1-4H3. The molecule has 1 saturated heterocycles. The largest absolute Gasteiger partial charge is 0.312 e. The van der Waals surface area contributed by atoms with Crippen molar-refractivity contribution in [2.45, 2.75) is 19.4 Å². The molecular weight excluding hydrogens is 174 g/mol. The van der Waals surface area contributed by atoms with Crippen LogP contribution in [0.2, 0.25) is 0 Å². The summed E-state index contributed by atoms with van der Waals surface area (Å²) in [5.41, 5.74) is 0. The van der Waals surface area contributed by atoms with Gasteiger partial charge in [0.1, 0.15) is 0 Å². The molecule has 1 aliphatic rings. The minimum absolute atomic E-state index is 0.710. The van der Waals surface area contributed by atoms with E-state index in [1.165, 1.54) is 19.5 Å². The van der Waals surface area contributed by atoms with Crippen molar-refractivity contribution in [3.05, 3.63) is 0 Å². The highest BCUT2D eigenvalue weighted by Gasteiger charge is 2.23. The van der Waals surface area contributed by atoms with E-state index in [0.29, 0.717) is 6.04 Å². The van der Waals surface area contributed by atoms with Crippen molar-refractivity contribution in [2.75, 3.05) is 47.3 Å². The first kappa shape index (κ1) is 12.0. The number of nitrogens with zero attached hydrogens (tertiary/aromatic N) is 2. The highest BCUT2D eigenvalue weighted by atomic mass is 15.2. The molecule has 0 aromatic rings. The quantitative estimate of drug-likeness (QED) is 0.695. The van der Waals surface area contributed by atoms with E-state index in [1.807, 2.05) is 0 Å². The molecule has 1 heterocycles. The fraction of sp³-hybridized carbons (Fsp3) is 1.00. The molecule has 0 amide bonds. The number of nitrogens with one attached hydrogen (secondary N) is 1. The first-order valence-electron chi connectivity index (χ1n) is 5.66. The van der Waals surface area contributed by atoms with E-state index in [1.54, 1.807) is 0 Å². The predicted molar refractivity (Wildman–Crippen MR) is 61.6 cm³/mol. The molecule has 0 aromatic carbocycles. The van der Waals surface area contributed by atoms with Crippen LogP contribution in [0.1, 0.15) is 13.3 Å². The SMILES string of the molecule is CC1CCNC1CN(C)CCN(C)C. The Balaban J connectivity index is 2.16. The zero-order valence-electron chi connectivity index (χ0n) is 10.1. The summed E-state index contributed by atoms with van der Waals surface area (Å²) in [6.07, 6.45) is 1.34. The first-order chi connectivity index (χ1) is 6.59. The van der Waals surface area contributed by atoms with E-state index >= 15 is 0 Å². The Bertz CT molecular complexity index is 159. The number of likely N-dealkylation sites (N-methyl/N-ethyl adjacent to an activating group) is 2. The van der Waals surface area contributed by atoms with Crippen molar-refractivity contribution in [1.29, 1.82) is 0 Å². The van der Waals surface area contributed by atoms with Crippen LogP contribution in [0.25, 0.3) is 0 Å². The Hall–Kier alpha value is -0.120. The lowest BCUT2D eigenvalue weighted by atomic mass is 10.0. The Morgan fingerprint density at radius 1 is 1.21 bits per heavy atom. The van der Waals surface area contributed by atoms with E-state index in [0.717, 1.165) is 19.0 Å². The second kappa shape index (κ2) is 5.69. The van der Waals surface area contributed by atoms with E-state index in [2.05, 4.69) is 43.2 Å². The van der Waals surface area contributed by atoms with Crippen LogP contribution in [0.15, 0.2) is 0 Å². The topological polar surface area (TPSA) is 18.5 Å². The summed E-state index contributed by atoms with van der Waals surface area (Å²) >= 11 is 0. The van der Waals surface area contributed by atoms with Gasteiger partial charge in [0, 0.05) is 25.7 Å². The maximum atomic E-state index is 3.57. The molecule has 14 heavy (non-hydrogen) atoms. The first-order valence-corrected chi connectivity index (χ1v) is 5.66. The van der Waals surface area contributed by atoms with Crippen LogP contribution in [0.3, 0.4) is 0 Å². The molecule has 1 aliphatic heterocycles. The lowest BCUT2D eigenvalue weighted by molar-refractivity contribution is 0.248. The van der Waals surface area contributed by atoms with Crippen LogP contribution in [0, 0.1) is 5.92 Å². The predicted octanol–water partition coefficient (Wildman–Crippen LogP) is 0.478. The van der Waals surface area contributed by atoms with Gasteiger partial charge < -0.3 is 15.1 Å². The van der Waals surface area contributed by atoms with Crippen molar-refractivity contribution in [1.82, 2.24) is 15.1 Å². The highest BCUT2D eigenvalue weighted by Crippen LogP contribution is 2.14. The zero-order valence-corrected chi connectivity index (χ0v) is 10.1. The second-order valence-electron chi connectivity index (χ2n) is 4.89. The van der Waals surface area contributed by atoms with E-state index in [4.69, 9.17) is 0 Å². The third kappa shape index (κ3) is 3.95. The fourth-order valence-electron chi connectivity index (χ4n) is 1.94. The van der Waals surface area contributed by atoms with Gasteiger partial charge in [-0.05, 0) is 40.0 Å². The molecule has 1 N–H and O–H groups in total. The van der Waals surface area contributed by atoms with Crippen LogP contribution < -0.4 is 5.32 Å². The lowest BCUT2D eigenvalue weighted by Gasteiger charge is -2.24. The third-order valence-electron chi connectivity index (χ3n) is 3.13. The minimum Gasteiger partial charge on any atom is -0.312 e. The molecule has 0 bridgehead atoms. The molecule has 3 heteroatoms. The van der Waals surface area contributed by atoms with Crippen molar-refractivity contribution in [3.8, 4) is 0 Å². The molecule has 0 aliphatic carbocycles. The minimum atomic E-state index is 0.710. The molecule has 3 nitrogen and oxygen atoms in total. The van der Waals surface area contributed by atoms with Gasteiger partial charge in [-0.3, -0.25) is 0 Å². The second-order valence-corrected chi connectivity index (χ2v) is 4.89. The van der Waals surface area contributed by atoms with Gasteiger partial charge in [0.15, 0.2) is 0 Å². The van der Waals surface area contributed by atoms with Crippen LogP contribution in [0.4, 0.5) is 0 Å². The van der Waals surface area contributed by atoms with Gasteiger partial charge in [-0.25, -0.2) is 0 Å². The molecule has 0 saturated carbocycles. The molecule has 0 spiro atoms. The van der Waals surface area contributed by atoms with Crippen LogP contribution in [0.5, 0.6) is 0 Å². The number of rotatable bonds is 5. The van der Waals surface area contributed by atoms with Crippen LogP contribution in [-0.2, 0) is 0 Å². The average Bonchev–Trinajstić information content (AvgIpc) is 2.49. The monoisotopic (exact) mass is 199 g/mol. The summed E-state index contributed by atoms with van der Waals surface area (Å²) in [6.45, 7) is 7.06. The summed E-state index contributed by atoms with van der Waals surface area (Å²) in [5.74, 6) is 0.844. The van der Waals surface area contributed by atoms with E-state index in [9.17, 15) is 0 Å². The van der Waals surface area contributed by atoms with Crippen molar-refractivity contribution in [2.24, 2.45) is 5.92 Å². The zero-order chi connectivity index (χ0) is 10.6.